The van der Waals surface area contributed by atoms with Gasteiger partial charge in [-0.15, -0.1) is 0 Å². The van der Waals surface area contributed by atoms with Crippen LogP contribution in [0.3, 0.4) is 0 Å². The molecule has 2 N–H and O–H groups in total. The molecule has 1 saturated heterocycles. The second-order valence-electron chi connectivity index (χ2n) is 5.70. The average Bonchev–Trinajstić information content (AvgIpc) is 2.80. The molecule has 1 aromatic rings. The molecule has 1 aliphatic rings. The highest BCUT2D eigenvalue weighted by molar-refractivity contribution is 7.91. The van der Waals surface area contributed by atoms with Crippen LogP contribution in [0.15, 0.2) is 17.0 Å². The van der Waals surface area contributed by atoms with E-state index in [2.05, 4.69) is 10.0 Å². The van der Waals surface area contributed by atoms with Gasteiger partial charge in [-0.1, -0.05) is 0 Å². The minimum Gasteiger partial charge on any atom is -0.348 e. The Morgan fingerprint density at radius 2 is 1.91 bits per heavy atom. The fourth-order valence-electron chi connectivity index (χ4n) is 2.52. The minimum atomic E-state index is -3.68. The fourth-order valence-corrected chi connectivity index (χ4v) is 5.26. The van der Waals surface area contributed by atoms with E-state index in [4.69, 9.17) is 0 Å². The summed E-state index contributed by atoms with van der Waals surface area (Å²) in [6.07, 6.45) is 0.376. The lowest BCUT2D eigenvalue weighted by Gasteiger charge is -2.14. The molecular weight excluding hydrogens is 340 g/mol. The van der Waals surface area contributed by atoms with E-state index in [0.29, 0.717) is 17.5 Å². The maximum absolute atomic E-state index is 12.3. The summed E-state index contributed by atoms with van der Waals surface area (Å²) in [6, 6.07) is 2.48. The molecule has 23 heavy (non-hydrogen) atoms. The SMILES string of the molecule is CNS(=O)(=O)c1cc(C(=O)NC2CCS(=O)(=O)C2)cc(C)c1C. The Bertz CT molecular complexity index is 844. The zero-order valence-corrected chi connectivity index (χ0v) is 14.8. The third-order valence-corrected chi connectivity index (χ3v) is 7.32. The molecule has 9 heteroatoms. The summed E-state index contributed by atoms with van der Waals surface area (Å²) >= 11 is 0. The normalized spacial score (nSPS) is 20.4. The number of aryl methyl sites for hydroxylation is 1. The smallest absolute Gasteiger partial charge is 0.251 e. The van der Waals surface area contributed by atoms with Gasteiger partial charge in [0.1, 0.15) is 0 Å². The number of hydrogen-bond acceptors (Lipinski definition) is 5. The van der Waals surface area contributed by atoms with Crippen LogP contribution >= 0.6 is 0 Å². The van der Waals surface area contributed by atoms with Gasteiger partial charge in [0, 0.05) is 11.6 Å². The van der Waals surface area contributed by atoms with Crippen LogP contribution in [0.5, 0.6) is 0 Å². The van der Waals surface area contributed by atoms with Crippen molar-refractivity contribution in [1.82, 2.24) is 10.0 Å². The van der Waals surface area contributed by atoms with Crippen LogP contribution < -0.4 is 10.0 Å². The van der Waals surface area contributed by atoms with E-state index >= 15 is 0 Å². The van der Waals surface area contributed by atoms with Crippen LogP contribution in [0.1, 0.15) is 27.9 Å². The van der Waals surface area contributed by atoms with E-state index in [-0.39, 0.29) is 22.0 Å². The lowest BCUT2D eigenvalue weighted by molar-refractivity contribution is 0.0941. The quantitative estimate of drug-likeness (QED) is 0.793. The van der Waals surface area contributed by atoms with Crippen molar-refractivity contribution in [2.45, 2.75) is 31.2 Å². The molecule has 7 nitrogen and oxygen atoms in total. The molecule has 1 heterocycles. The van der Waals surface area contributed by atoms with E-state index in [1.54, 1.807) is 19.9 Å². The predicted octanol–water partition coefficient (Wildman–Crippen LogP) is 0.128. The number of benzene rings is 1. The molecule has 1 atom stereocenters. The number of sulfone groups is 1. The first-order chi connectivity index (χ1) is 10.6. The average molecular weight is 360 g/mol. The Morgan fingerprint density at radius 3 is 2.43 bits per heavy atom. The number of hydrogen-bond donors (Lipinski definition) is 2. The Balaban J connectivity index is 2.32. The molecule has 1 unspecified atom stereocenters. The summed E-state index contributed by atoms with van der Waals surface area (Å²) < 4.78 is 49.2. The van der Waals surface area contributed by atoms with Crippen LogP contribution in [-0.4, -0.2) is 47.3 Å². The Morgan fingerprint density at radius 1 is 1.26 bits per heavy atom. The maximum Gasteiger partial charge on any atom is 0.251 e. The van der Waals surface area contributed by atoms with Crippen molar-refractivity contribution in [2.24, 2.45) is 0 Å². The molecule has 0 radical (unpaired) electrons. The lowest BCUT2D eigenvalue weighted by Crippen LogP contribution is -2.35. The third-order valence-electron chi connectivity index (χ3n) is 4.01. The van der Waals surface area contributed by atoms with Crippen LogP contribution in [-0.2, 0) is 19.9 Å². The highest BCUT2D eigenvalue weighted by Gasteiger charge is 2.29. The molecule has 0 aromatic heterocycles. The van der Waals surface area contributed by atoms with E-state index < -0.39 is 31.8 Å². The minimum absolute atomic E-state index is 0.0455. The van der Waals surface area contributed by atoms with Crippen LogP contribution in [0.25, 0.3) is 0 Å². The van der Waals surface area contributed by atoms with Gasteiger partial charge < -0.3 is 5.32 Å². The van der Waals surface area contributed by atoms with Gasteiger partial charge in [-0.2, -0.15) is 0 Å². The highest BCUT2D eigenvalue weighted by atomic mass is 32.2. The summed E-state index contributed by atoms with van der Waals surface area (Å²) in [5.74, 6) is -0.488. The van der Waals surface area contributed by atoms with Gasteiger partial charge >= 0.3 is 0 Å². The molecule has 0 saturated carbocycles. The highest BCUT2D eigenvalue weighted by Crippen LogP contribution is 2.21. The molecule has 1 aliphatic heterocycles. The molecule has 1 amide bonds. The van der Waals surface area contributed by atoms with Gasteiger partial charge in [-0.25, -0.2) is 21.6 Å². The van der Waals surface area contributed by atoms with Gasteiger partial charge in [0.25, 0.3) is 5.91 Å². The predicted molar refractivity (Wildman–Crippen MR) is 86.7 cm³/mol. The number of rotatable bonds is 4. The van der Waals surface area contributed by atoms with Crippen molar-refractivity contribution >= 4 is 25.8 Å². The van der Waals surface area contributed by atoms with Crippen molar-refractivity contribution in [3.63, 3.8) is 0 Å². The van der Waals surface area contributed by atoms with Crippen molar-refractivity contribution in [3.05, 3.63) is 28.8 Å². The van der Waals surface area contributed by atoms with E-state index in [1.807, 2.05) is 0 Å². The van der Waals surface area contributed by atoms with Crippen LogP contribution in [0, 0.1) is 13.8 Å². The van der Waals surface area contributed by atoms with Crippen LogP contribution in [0.4, 0.5) is 0 Å². The molecule has 2 rings (SSSR count). The second kappa shape index (κ2) is 6.21. The Kier molecular flexibility index (Phi) is 4.84. The summed E-state index contributed by atoms with van der Waals surface area (Å²) in [4.78, 5) is 12.4. The molecule has 128 valence electrons. The zero-order chi connectivity index (χ0) is 17.4. The van der Waals surface area contributed by atoms with E-state index in [9.17, 15) is 21.6 Å². The number of carbonyl (C=O) groups is 1. The van der Waals surface area contributed by atoms with Crippen molar-refractivity contribution < 1.29 is 21.6 Å². The topological polar surface area (TPSA) is 109 Å². The largest absolute Gasteiger partial charge is 0.348 e. The summed E-state index contributed by atoms with van der Waals surface area (Å²) in [5, 5.41) is 2.66. The fraction of sp³-hybridized carbons (Fsp3) is 0.500. The van der Waals surface area contributed by atoms with Crippen molar-refractivity contribution in [2.75, 3.05) is 18.6 Å². The molecule has 0 aliphatic carbocycles. The van der Waals surface area contributed by atoms with Crippen molar-refractivity contribution in [3.8, 4) is 0 Å². The van der Waals surface area contributed by atoms with E-state index in [1.165, 1.54) is 13.1 Å². The number of carbonyl (C=O) groups excluding carboxylic acids is 1. The number of nitrogens with one attached hydrogen (secondary N) is 2. The standard InChI is InChI=1S/C14H20N2O5S2/c1-9-6-11(7-13(10(9)2)23(20,21)15-3)14(17)16-12-4-5-22(18,19)8-12/h6-7,12,15H,4-5,8H2,1-3H3,(H,16,17). The molecule has 0 bridgehead atoms. The Labute approximate surface area is 136 Å². The zero-order valence-electron chi connectivity index (χ0n) is 13.2. The third kappa shape index (κ3) is 3.91. The van der Waals surface area contributed by atoms with Gasteiger partial charge in [-0.05, 0) is 50.6 Å². The summed E-state index contributed by atoms with van der Waals surface area (Å²) in [7, 11) is -5.47. The lowest BCUT2D eigenvalue weighted by atomic mass is 10.1. The van der Waals surface area contributed by atoms with Gasteiger partial charge in [0.05, 0.1) is 16.4 Å². The summed E-state index contributed by atoms with van der Waals surface area (Å²) in [6.45, 7) is 3.39. The Hall–Kier alpha value is -1.45. The molecule has 0 spiro atoms. The first-order valence-corrected chi connectivity index (χ1v) is 10.4. The molecular formula is C14H20N2O5S2. The first-order valence-electron chi connectivity index (χ1n) is 7.12. The summed E-state index contributed by atoms with van der Waals surface area (Å²) in [5.41, 5.74) is 1.44. The van der Waals surface area contributed by atoms with Gasteiger partial charge in [0.2, 0.25) is 10.0 Å². The molecule has 1 fully saturated rings. The first kappa shape index (κ1) is 17.9. The van der Waals surface area contributed by atoms with Crippen molar-refractivity contribution in [1.29, 1.82) is 0 Å². The molecule has 1 aromatic carbocycles. The van der Waals surface area contributed by atoms with Gasteiger partial charge in [-0.3, -0.25) is 4.79 Å². The number of amides is 1. The van der Waals surface area contributed by atoms with E-state index in [0.717, 1.165) is 0 Å². The van der Waals surface area contributed by atoms with Gasteiger partial charge in [0.15, 0.2) is 9.84 Å². The second-order valence-corrected chi connectivity index (χ2v) is 9.78. The monoisotopic (exact) mass is 360 g/mol. The maximum atomic E-state index is 12.3. The number of sulfonamides is 1. The van der Waals surface area contributed by atoms with Crippen LogP contribution in [0.2, 0.25) is 0 Å².